The van der Waals surface area contributed by atoms with E-state index in [4.69, 9.17) is 22.1 Å². The summed E-state index contributed by atoms with van der Waals surface area (Å²) in [6, 6.07) is 12.5. The van der Waals surface area contributed by atoms with Crippen molar-refractivity contribution < 1.29 is 17.9 Å². The number of nitrogens with two attached hydrogens (primary N) is 1. The minimum atomic E-state index is -3.75. The standard InChI is InChI=1S/C18H21N3O4S2/c1-2-3-12-25-15-8-4-13(5-9-15)17(22)21-18(26)20-14-6-10-16(11-7-14)27(19,23)24/h4-11H,2-3,12H2,1H3,(H2,19,23,24)(H2,20,21,22,26). The van der Waals surface area contributed by atoms with Gasteiger partial charge in [-0.25, -0.2) is 13.6 Å². The van der Waals surface area contributed by atoms with Crippen molar-refractivity contribution in [1.82, 2.24) is 5.32 Å². The first-order chi connectivity index (χ1) is 12.8. The number of carbonyl (C=O) groups is 1. The summed E-state index contributed by atoms with van der Waals surface area (Å²) in [5.74, 6) is 0.337. The van der Waals surface area contributed by atoms with E-state index in [9.17, 15) is 13.2 Å². The maximum Gasteiger partial charge on any atom is 0.257 e. The molecule has 0 heterocycles. The molecule has 9 heteroatoms. The van der Waals surface area contributed by atoms with Crippen LogP contribution in [0.3, 0.4) is 0 Å². The summed E-state index contributed by atoms with van der Waals surface area (Å²) in [5, 5.41) is 10.5. The van der Waals surface area contributed by atoms with Crippen LogP contribution in [0.25, 0.3) is 0 Å². The highest BCUT2D eigenvalue weighted by Gasteiger charge is 2.10. The van der Waals surface area contributed by atoms with E-state index >= 15 is 0 Å². The second-order valence-corrected chi connectivity index (χ2v) is 7.67. The number of rotatable bonds is 7. The molecule has 1 amide bonds. The van der Waals surface area contributed by atoms with E-state index in [2.05, 4.69) is 17.6 Å². The molecule has 0 aromatic heterocycles. The van der Waals surface area contributed by atoms with E-state index in [1.165, 1.54) is 24.3 Å². The van der Waals surface area contributed by atoms with Gasteiger partial charge in [-0.05, 0) is 67.2 Å². The van der Waals surface area contributed by atoms with E-state index in [0.717, 1.165) is 12.8 Å². The van der Waals surface area contributed by atoms with Crippen LogP contribution < -0.4 is 20.5 Å². The Labute approximate surface area is 164 Å². The molecule has 0 unspecified atom stereocenters. The highest BCUT2D eigenvalue weighted by atomic mass is 32.2. The average Bonchev–Trinajstić information content (AvgIpc) is 2.62. The summed E-state index contributed by atoms with van der Waals surface area (Å²) in [5.41, 5.74) is 0.957. The number of hydrogen-bond acceptors (Lipinski definition) is 5. The Balaban J connectivity index is 1.90. The highest BCUT2D eigenvalue weighted by molar-refractivity contribution is 7.89. The predicted octanol–water partition coefficient (Wildman–Crippen LogP) is 2.64. The molecule has 2 aromatic carbocycles. The van der Waals surface area contributed by atoms with Crippen LogP contribution >= 0.6 is 12.2 Å². The molecule has 0 bridgehead atoms. The van der Waals surface area contributed by atoms with Crippen LogP contribution in [0.1, 0.15) is 30.1 Å². The molecule has 0 saturated carbocycles. The van der Waals surface area contributed by atoms with Crippen LogP contribution in [0.5, 0.6) is 5.75 Å². The monoisotopic (exact) mass is 407 g/mol. The van der Waals surface area contributed by atoms with E-state index in [1.54, 1.807) is 24.3 Å². The number of ether oxygens (including phenoxy) is 1. The summed E-state index contributed by atoms with van der Waals surface area (Å²) >= 11 is 5.10. The number of sulfonamides is 1. The molecule has 0 atom stereocenters. The number of unbranched alkanes of at least 4 members (excludes halogenated alkanes) is 1. The van der Waals surface area contributed by atoms with Gasteiger partial charge in [-0.15, -0.1) is 0 Å². The summed E-state index contributed by atoms with van der Waals surface area (Å²) in [6.07, 6.45) is 2.02. The smallest absolute Gasteiger partial charge is 0.257 e. The lowest BCUT2D eigenvalue weighted by Crippen LogP contribution is -2.34. The molecule has 0 aliphatic rings. The lowest BCUT2D eigenvalue weighted by molar-refractivity contribution is 0.0977. The molecular weight excluding hydrogens is 386 g/mol. The van der Waals surface area contributed by atoms with Crippen LogP contribution in [-0.4, -0.2) is 26.0 Å². The first-order valence-electron chi connectivity index (χ1n) is 8.27. The van der Waals surface area contributed by atoms with Crippen molar-refractivity contribution in [3.05, 3.63) is 54.1 Å². The number of amides is 1. The maximum absolute atomic E-state index is 12.2. The van der Waals surface area contributed by atoms with Gasteiger partial charge in [-0.1, -0.05) is 13.3 Å². The summed E-state index contributed by atoms with van der Waals surface area (Å²) in [7, 11) is -3.75. The molecule has 0 aliphatic carbocycles. The highest BCUT2D eigenvalue weighted by Crippen LogP contribution is 2.14. The Kier molecular flexibility index (Phi) is 7.28. The SMILES string of the molecule is CCCCOc1ccc(C(=O)NC(=S)Nc2ccc(S(N)(=O)=O)cc2)cc1. The summed E-state index contributed by atoms with van der Waals surface area (Å²) in [6.45, 7) is 2.72. The number of primary sulfonamides is 1. The van der Waals surface area contributed by atoms with Crippen LogP contribution in [0.4, 0.5) is 5.69 Å². The molecule has 0 radical (unpaired) electrons. The Hall–Kier alpha value is -2.49. The third kappa shape index (κ3) is 6.63. The van der Waals surface area contributed by atoms with Crippen molar-refractivity contribution in [2.75, 3.05) is 11.9 Å². The van der Waals surface area contributed by atoms with Gasteiger partial charge in [0.05, 0.1) is 11.5 Å². The van der Waals surface area contributed by atoms with Gasteiger partial charge in [-0.3, -0.25) is 10.1 Å². The fourth-order valence-electron chi connectivity index (χ4n) is 2.10. The first-order valence-corrected chi connectivity index (χ1v) is 10.2. The van der Waals surface area contributed by atoms with Gasteiger partial charge in [0.2, 0.25) is 10.0 Å². The van der Waals surface area contributed by atoms with Crippen LogP contribution in [-0.2, 0) is 10.0 Å². The maximum atomic E-state index is 12.2. The van der Waals surface area contributed by atoms with Crippen molar-refractivity contribution >= 4 is 38.9 Å². The van der Waals surface area contributed by atoms with Crippen LogP contribution in [0.2, 0.25) is 0 Å². The fraction of sp³-hybridized carbons (Fsp3) is 0.222. The number of nitrogens with one attached hydrogen (secondary N) is 2. The van der Waals surface area contributed by atoms with Gasteiger partial charge in [-0.2, -0.15) is 0 Å². The van der Waals surface area contributed by atoms with Crippen molar-refractivity contribution in [2.45, 2.75) is 24.7 Å². The predicted molar refractivity (Wildman–Crippen MR) is 108 cm³/mol. The van der Waals surface area contributed by atoms with Crippen LogP contribution in [0.15, 0.2) is 53.4 Å². The average molecular weight is 408 g/mol. The van der Waals surface area contributed by atoms with Gasteiger partial charge in [0.15, 0.2) is 5.11 Å². The number of hydrogen-bond donors (Lipinski definition) is 3. The molecule has 4 N–H and O–H groups in total. The zero-order valence-corrected chi connectivity index (χ0v) is 16.4. The van der Waals surface area contributed by atoms with Gasteiger partial charge >= 0.3 is 0 Å². The molecular formula is C18H21N3O4S2. The van der Waals surface area contributed by atoms with Crippen molar-refractivity contribution in [3.63, 3.8) is 0 Å². The molecule has 0 saturated heterocycles. The summed E-state index contributed by atoms with van der Waals surface area (Å²) < 4.78 is 28.0. The lowest BCUT2D eigenvalue weighted by Gasteiger charge is -2.10. The second-order valence-electron chi connectivity index (χ2n) is 5.70. The zero-order valence-electron chi connectivity index (χ0n) is 14.8. The van der Waals surface area contributed by atoms with Crippen molar-refractivity contribution in [3.8, 4) is 5.75 Å². The van der Waals surface area contributed by atoms with E-state index in [-0.39, 0.29) is 15.9 Å². The molecule has 0 spiro atoms. The minimum Gasteiger partial charge on any atom is -0.494 e. The topological polar surface area (TPSA) is 111 Å². The van der Waals surface area contributed by atoms with Gasteiger partial charge in [0.25, 0.3) is 5.91 Å². The molecule has 2 aromatic rings. The normalized spacial score (nSPS) is 10.9. The molecule has 27 heavy (non-hydrogen) atoms. The second kappa shape index (κ2) is 9.45. The van der Waals surface area contributed by atoms with Crippen molar-refractivity contribution in [1.29, 1.82) is 0 Å². The largest absolute Gasteiger partial charge is 0.494 e. The molecule has 144 valence electrons. The van der Waals surface area contributed by atoms with Gasteiger partial charge in [0.1, 0.15) is 5.75 Å². The van der Waals surface area contributed by atoms with Crippen molar-refractivity contribution in [2.24, 2.45) is 5.14 Å². The molecule has 2 rings (SSSR count). The van der Waals surface area contributed by atoms with E-state index < -0.39 is 10.0 Å². The third-order valence-corrected chi connectivity index (χ3v) is 4.68. The third-order valence-electron chi connectivity index (χ3n) is 3.55. The molecule has 0 fully saturated rings. The molecule has 0 aliphatic heterocycles. The number of thiocarbonyl (C=S) groups is 1. The first kappa shape index (κ1) is 20.8. The molecule has 7 nitrogen and oxygen atoms in total. The Morgan fingerprint density at radius 2 is 1.74 bits per heavy atom. The lowest BCUT2D eigenvalue weighted by atomic mass is 10.2. The Morgan fingerprint density at radius 3 is 2.30 bits per heavy atom. The quantitative estimate of drug-likeness (QED) is 0.481. The van der Waals surface area contributed by atoms with Gasteiger partial charge < -0.3 is 10.1 Å². The van der Waals surface area contributed by atoms with E-state index in [1.807, 2.05) is 0 Å². The Bertz CT molecular complexity index is 895. The fourth-order valence-corrected chi connectivity index (χ4v) is 2.83. The van der Waals surface area contributed by atoms with E-state index in [0.29, 0.717) is 23.6 Å². The number of anilines is 1. The number of carbonyl (C=O) groups excluding carboxylic acids is 1. The minimum absolute atomic E-state index is 0.00995. The van der Waals surface area contributed by atoms with Crippen LogP contribution in [0, 0.1) is 0 Å². The number of benzene rings is 2. The summed E-state index contributed by atoms with van der Waals surface area (Å²) in [4.78, 5) is 12.2. The Morgan fingerprint density at radius 1 is 1.11 bits per heavy atom. The zero-order chi connectivity index (χ0) is 19.9. The van der Waals surface area contributed by atoms with Gasteiger partial charge in [0, 0.05) is 11.3 Å².